The molecule has 0 aliphatic heterocycles. The normalized spacial score (nSPS) is 16.8. The van der Waals surface area contributed by atoms with Gasteiger partial charge in [-0.1, -0.05) is 27.7 Å². The molecule has 4 nitrogen and oxygen atoms in total. The molecule has 0 atom stereocenters. The van der Waals surface area contributed by atoms with Gasteiger partial charge in [-0.25, -0.2) is 4.68 Å². The van der Waals surface area contributed by atoms with Gasteiger partial charge in [0, 0.05) is 13.1 Å². The van der Waals surface area contributed by atoms with E-state index in [4.69, 9.17) is 0 Å². The van der Waals surface area contributed by atoms with Gasteiger partial charge in [-0.2, -0.15) is 5.10 Å². The lowest BCUT2D eigenvalue weighted by atomic mass is 9.92. The highest BCUT2D eigenvalue weighted by atomic mass is 79.9. The van der Waals surface area contributed by atoms with Crippen LogP contribution in [0.4, 0.5) is 5.69 Å². The lowest BCUT2D eigenvalue weighted by molar-refractivity contribution is 0.380. The van der Waals surface area contributed by atoms with Crippen molar-refractivity contribution in [3.8, 4) is 0 Å². The molecule has 0 bridgehead atoms. The summed E-state index contributed by atoms with van der Waals surface area (Å²) in [5.41, 5.74) is 1.16. The number of halogens is 1. The summed E-state index contributed by atoms with van der Waals surface area (Å²) in [5.74, 6) is 1.07. The molecule has 1 heterocycles. The summed E-state index contributed by atoms with van der Waals surface area (Å²) in [6.07, 6.45) is 4.30. The fourth-order valence-electron chi connectivity index (χ4n) is 2.45. The first-order valence-corrected chi connectivity index (χ1v) is 8.14. The smallest absolute Gasteiger partial charge is 0.283 e. The van der Waals surface area contributed by atoms with E-state index in [-0.39, 0.29) is 5.56 Å². The minimum atomic E-state index is -0.0573. The van der Waals surface area contributed by atoms with Gasteiger partial charge in [0.25, 0.3) is 5.56 Å². The van der Waals surface area contributed by atoms with Crippen molar-refractivity contribution in [2.45, 2.75) is 47.1 Å². The Morgan fingerprint density at radius 3 is 2.55 bits per heavy atom. The van der Waals surface area contributed by atoms with E-state index in [2.05, 4.69) is 54.0 Å². The molecule has 112 valence electrons. The molecule has 2 rings (SSSR count). The summed E-state index contributed by atoms with van der Waals surface area (Å²) in [5, 5.41) is 7.65. The van der Waals surface area contributed by atoms with Gasteiger partial charge in [-0.05, 0) is 46.0 Å². The second-order valence-corrected chi connectivity index (χ2v) is 7.42. The zero-order valence-corrected chi connectivity index (χ0v) is 14.3. The van der Waals surface area contributed by atoms with Crippen LogP contribution in [0.1, 0.15) is 40.5 Å². The Morgan fingerprint density at radius 2 is 2.05 bits per heavy atom. The number of nitrogens with zero attached hydrogens (tertiary/aromatic N) is 2. The number of rotatable bonds is 6. The molecule has 1 fully saturated rings. The predicted octanol–water partition coefficient (Wildman–Crippen LogP) is 3.51. The molecule has 5 heteroatoms. The molecule has 0 saturated heterocycles. The molecule has 0 amide bonds. The van der Waals surface area contributed by atoms with Gasteiger partial charge in [0.1, 0.15) is 4.47 Å². The molecule has 1 aromatic rings. The van der Waals surface area contributed by atoms with Crippen molar-refractivity contribution < 1.29 is 0 Å². The standard InChI is InChI=1S/C15H24BrN3O/c1-10(2)8-19-14(20)13(16)12(7-18-19)17-9-15(5-6-15)11(3)4/h7,10-11,17H,5-6,8-9H2,1-4H3. The summed E-state index contributed by atoms with van der Waals surface area (Å²) in [6, 6.07) is 0. The van der Waals surface area contributed by atoms with Crippen molar-refractivity contribution in [1.82, 2.24) is 9.78 Å². The first-order valence-electron chi connectivity index (χ1n) is 7.35. The highest BCUT2D eigenvalue weighted by Crippen LogP contribution is 2.51. The Kier molecular flexibility index (Phi) is 4.57. The Morgan fingerprint density at radius 1 is 1.40 bits per heavy atom. The van der Waals surface area contributed by atoms with Crippen molar-refractivity contribution in [1.29, 1.82) is 0 Å². The summed E-state index contributed by atoms with van der Waals surface area (Å²) < 4.78 is 2.11. The Bertz CT molecular complexity index is 532. The average molecular weight is 342 g/mol. The number of hydrogen-bond donors (Lipinski definition) is 1. The molecular formula is C15H24BrN3O. The molecule has 0 spiro atoms. The quantitative estimate of drug-likeness (QED) is 0.861. The van der Waals surface area contributed by atoms with Crippen molar-refractivity contribution in [2.24, 2.45) is 17.3 Å². The van der Waals surface area contributed by atoms with Crippen molar-refractivity contribution in [3.63, 3.8) is 0 Å². The molecule has 20 heavy (non-hydrogen) atoms. The van der Waals surface area contributed by atoms with Crippen LogP contribution in [0.3, 0.4) is 0 Å². The number of aromatic nitrogens is 2. The molecule has 0 radical (unpaired) electrons. The van der Waals surface area contributed by atoms with Crippen LogP contribution in [0.5, 0.6) is 0 Å². The van der Waals surface area contributed by atoms with E-state index >= 15 is 0 Å². The largest absolute Gasteiger partial charge is 0.382 e. The summed E-state index contributed by atoms with van der Waals surface area (Å²) in [7, 11) is 0. The SMILES string of the molecule is CC(C)Cn1ncc(NCC2(C(C)C)CC2)c(Br)c1=O. The molecule has 1 saturated carbocycles. The molecular weight excluding hydrogens is 318 g/mol. The molecule has 1 aliphatic rings. The highest BCUT2D eigenvalue weighted by Gasteiger charge is 2.45. The third-order valence-corrected chi connectivity index (χ3v) is 5.04. The van der Waals surface area contributed by atoms with Gasteiger partial charge in [0.15, 0.2) is 0 Å². The minimum Gasteiger partial charge on any atom is -0.382 e. The third kappa shape index (κ3) is 3.25. The van der Waals surface area contributed by atoms with E-state index in [1.54, 1.807) is 6.20 Å². The zero-order valence-electron chi connectivity index (χ0n) is 12.7. The Labute approximate surface area is 129 Å². The van der Waals surface area contributed by atoms with Gasteiger partial charge in [0.05, 0.1) is 11.9 Å². The van der Waals surface area contributed by atoms with E-state index in [0.29, 0.717) is 28.3 Å². The van der Waals surface area contributed by atoms with Crippen LogP contribution in [0, 0.1) is 17.3 Å². The summed E-state index contributed by atoms with van der Waals surface area (Å²) in [4.78, 5) is 12.2. The van der Waals surface area contributed by atoms with Crippen molar-refractivity contribution in [2.75, 3.05) is 11.9 Å². The molecule has 1 aliphatic carbocycles. The summed E-state index contributed by atoms with van der Waals surface area (Å²) >= 11 is 3.41. The monoisotopic (exact) mass is 341 g/mol. The van der Waals surface area contributed by atoms with Crippen LogP contribution in [0.2, 0.25) is 0 Å². The van der Waals surface area contributed by atoms with Gasteiger partial charge < -0.3 is 5.32 Å². The second kappa shape index (κ2) is 5.88. The van der Waals surface area contributed by atoms with E-state index in [0.717, 1.165) is 12.2 Å². The molecule has 0 unspecified atom stereocenters. The van der Waals surface area contributed by atoms with Crippen molar-refractivity contribution >= 4 is 21.6 Å². The molecule has 1 N–H and O–H groups in total. The van der Waals surface area contributed by atoms with Gasteiger partial charge in [-0.15, -0.1) is 0 Å². The van der Waals surface area contributed by atoms with Crippen LogP contribution in [0.15, 0.2) is 15.5 Å². The lowest BCUT2D eigenvalue weighted by Gasteiger charge is -2.21. The maximum absolute atomic E-state index is 12.2. The van der Waals surface area contributed by atoms with Crippen LogP contribution in [-0.2, 0) is 6.54 Å². The van der Waals surface area contributed by atoms with Gasteiger partial charge in [-0.3, -0.25) is 4.79 Å². The lowest BCUT2D eigenvalue weighted by Crippen LogP contribution is -2.28. The van der Waals surface area contributed by atoms with Gasteiger partial charge in [0.2, 0.25) is 0 Å². The molecule has 0 aromatic carbocycles. The number of nitrogens with one attached hydrogen (secondary N) is 1. The predicted molar refractivity (Wildman–Crippen MR) is 86.0 cm³/mol. The zero-order chi connectivity index (χ0) is 14.9. The minimum absolute atomic E-state index is 0.0573. The maximum Gasteiger partial charge on any atom is 0.283 e. The Balaban J connectivity index is 2.10. The second-order valence-electron chi connectivity index (χ2n) is 6.62. The summed E-state index contributed by atoms with van der Waals surface area (Å²) in [6.45, 7) is 10.2. The Hall–Kier alpha value is -0.840. The third-order valence-electron chi connectivity index (χ3n) is 4.27. The van der Waals surface area contributed by atoms with E-state index in [9.17, 15) is 4.79 Å². The van der Waals surface area contributed by atoms with E-state index in [1.807, 2.05) is 0 Å². The van der Waals surface area contributed by atoms with Crippen LogP contribution >= 0.6 is 15.9 Å². The fraction of sp³-hybridized carbons (Fsp3) is 0.733. The van der Waals surface area contributed by atoms with E-state index in [1.165, 1.54) is 17.5 Å². The highest BCUT2D eigenvalue weighted by molar-refractivity contribution is 9.10. The van der Waals surface area contributed by atoms with Crippen LogP contribution < -0.4 is 10.9 Å². The average Bonchev–Trinajstić information content (AvgIpc) is 3.15. The van der Waals surface area contributed by atoms with Gasteiger partial charge >= 0.3 is 0 Å². The number of anilines is 1. The van der Waals surface area contributed by atoms with Crippen LogP contribution in [-0.4, -0.2) is 16.3 Å². The number of hydrogen-bond acceptors (Lipinski definition) is 3. The van der Waals surface area contributed by atoms with Crippen molar-refractivity contribution in [3.05, 3.63) is 21.0 Å². The fourth-order valence-corrected chi connectivity index (χ4v) is 2.90. The first-order chi connectivity index (χ1) is 9.35. The van der Waals surface area contributed by atoms with Crippen LogP contribution in [0.25, 0.3) is 0 Å². The maximum atomic E-state index is 12.2. The topological polar surface area (TPSA) is 46.9 Å². The molecule has 1 aromatic heterocycles. The first kappa shape index (κ1) is 15.5. The van der Waals surface area contributed by atoms with E-state index < -0.39 is 0 Å².